The molecule has 14 heavy (non-hydrogen) atoms. The lowest BCUT2D eigenvalue weighted by molar-refractivity contribution is -0.126. The van der Waals surface area contributed by atoms with Crippen LogP contribution in [0.2, 0.25) is 0 Å². The van der Waals surface area contributed by atoms with Crippen LogP contribution in [0.4, 0.5) is 0 Å². The van der Waals surface area contributed by atoms with Crippen LogP contribution in [0.1, 0.15) is 33.1 Å². The van der Waals surface area contributed by atoms with Gasteiger partial charge in [0, 0.05) is 20.1 Å². The quantitative estimate of drug-likeness (QED) is 0.515. The average molecular weight is 197 g/mol. The molecule has 0 radical (unpaired) electrons. The number of hydrogen-bond acceptors (Lipinski definition) is 2. The summed E-state index contributed by atoms with van der Waals surface area (Å²) in [6, 6.07) is 0. The number of nitrogens with one attached hydrogen (secondary N) is 1. The van der Waals surface area contributed by atoms with E-state index in [1.807, 2.05) is 13.8 Å². The van der Waals surface area contributed by atoms with E-state index in [4.69, 9.17) is 11.2 Å². The Morgan fingerprint density at radius 1 is 1.57 bits per heavy atom. The smallest absolute Gasteiger partial charge is 0.222 e. The molecule has 3 nitrogen and oxygen atoms in total. The van der Waals surface area contributed by atoms with E-state index in [9.17, 15) is 4.79 Å². The van der Waals surface area contributed by atoms with Crippen molar-refractivity contribution in [3.8, 4) is 12.3 Å². The van der Waals surface area contributed by atoms with Gasteiger partial charge in [0.1, 0.15) is 0 Å². The Bertz CT molecular complexity index is 216. The van der Waals surface area contributed by atoms with Gasteiger partial charge in [0.05, 0.1) is 12.0 Å². The van der Waals surface area contributed by atoms with Gasteiger partial charge in [0.15, 0.2) is 0 Å². The molecule has 0 saturated heterocycles. The fourth-order valence-corrected chi connectivity index (χ4v) is 0.940. The fourth-order valence-electron chi connectivity index (χ4n) is 0.940. The van der Waals surface area contributed by atoms with Crippen LogP contribution in [0.15, 0.2) is 0 Å². The van der Waals surface area contributed by atoms with E-state index in [1.165, 1.54) is 0 Å². The van der Waals surface area contributed by atoms with Crippen molar-refractivity contribution in [3.63, 3.8) is 0 Å². The van der Waals surface area contributed by atoms with Crippen molar-refractivity contribution >= 4 is 5.91 Å². The van der Waals surface area contributed by atoms with Crippen LogP contribution in [0.5, 0.6) is 0 Å². The maximum Gasteiger partial charge on any atom is 0.222 e. The summed E-state index contributed by atoms with van der Waals surface area (Å²) < 4.78 is 5.14. The van der Waals surface area contributed by atoms with Crippen LogP contribution in [0, 0.1) is 12.3 Å². The van der Waals surface area contributed by atoms with Crippen molar-refractivity contribution in [2.45, 2.75) is 38.7 Å². The first-order chi connectivity index (χ1) is 6.52. The molecule has 0 unspecified atom stereocenters. The van der Waals surface area contributed by atoms with Crippen LogP contribution in [-0.2, 0) is 9.53 Å². The molecule has 1 N–H and O–H groups in total. The first kappa shape index (κ1) is 13.0. The zero-order valence-corrected chi connectivity index (χ0v) is 9.22. The van der Waals surface area contributed by atoms with Crippen LogP contribution in [0.3, 0.4) is 0 Å². The Morgan fingerprint density at radius 2 is 2.21 bits per heavy atom. The number of ether oxygens (including phenoxy) is 1. The van der Waals surface area contributed by atoms with Crippen LogP contribution >= 0.6 is 0 Å². The first-order valence-corrected chi connectivity index (χ1v) is 4.77. The molecule has 1 amide bonds. The third-order valence-electron chi connectivity index (χ3n) is 1.96. The summed E-state index contributed by atoms with van der Waals surface area (Å²) in [4.78, 5) is 11.3. The molecule has 80 valence electrons. The van der Waals surface area contributed by atoms with E-state index in [0.29, 0.717) is 19.4 Å². The van der Waals surface area contributed by atoms with E-state index in [0.717, 1.165) is 6.42 Å². The molecule has 0 aromatic carbocycles. The molecule has 0 aliphatic carbocycles. The van der Waals surface area contributed by atoms with Gasteiger partial charge >= 0.3 is 0 Å². The SMILES string of the molecule is C#CCCCNC(=O)CC(C)(C)OC. The lowest BCUT2D eigenvalue weighted by atomic mass is 10.1. The monoisotopic (exact) mass is 197 g/mol. The molecule has 0 aliphatic rings. The van der Waals surface area contributed by atoms with Gasteiger partial charge in [0.25, 0.3) is 0 Å². The molecule has 0 aromatic heterocycles. The summed E-state index contributed by atoms with van der Waals surface area (Å²) in [6.45, 7) is 4.41. The number of carbonyl (C=O) groups excluding carboxylic acids is 1. The molecular weight excluding hydrogens is 178 g/mol. The maximum absolute atomic E-state index is 11.3. The highest BCUT2D eigenvalue weighted by Crippen LogP contribution is 2.11. The Hall–Kier alpha value is -1.01. The van der Waals surface area contributed by atoms with E-state index in [1.54, 1.807) is 7.11 Å². The molecule has 0 fully saturated rings. The lowest BCUT2D eigenvalue weighted by Crippen LogP contribution is -2.34. The standard InChI is InChI=1S/C11H19NO2/c1-5-6-7-8-12-10(13)9-11(2,3)14-4/h1H,6-9H2,2-4H3,(H,12,13). The van der Waals surface area contributed by atoms with E-state index in [-0.39, 0.29) is 5.91 Å². The maximum atomic E-state index is 11.3. The molecule has 0 rings (SSSR count). The van der Waals surface area contributed by atoms with Gasteiger partial charge in [0.2, 0.25) is 5.91 Å². The molecule has 0 spiro atoms. The summed E-state index contributed by atoms with van der Waals surface area (Å²) in [6.07, 6.45) is 6.99. The molecule has 0 heterocycles. The zero-order chi connectivity index (χ0) is 11.0. The van der Waals surface area contributed by atoms with Crippen molar-refractivity contribution in [2.24, 2.45) is 0 Å². The third-order valence-corrected chi connectivity index (χ3v) is 1.96. The minimum absolute atomic E-state index is 0.00821. The summed E-state index contributed by atoms with van der Waals surface area (Å²) in [7, 11) is 1.60. The third kappa shape index (κ3) is 6.50. The zero-order valence-electron chi connectivity index (χ0n) is 9.22. The highest BCUT2D eigenvalue weighted by atomic mass is 16.5. The second-order valence-electron chi connectivity index (χ2n) is 3.80. The van der Waals surface area contributed by atoms with Crippen molar-refractivity contribution in [2.75, 3.05) is 13.7 Å². The molecular formula is C11H19NO2. The minimum atomic E-state index is -0.393. The highest BCUT2D eigenvalue weighted by molar-refractivity contribution is 5.76. The normalized spacial score (nSPS) is 10.7. The molecule has 0 aliphatic heterocycles. The fraction of sp³-hybridized carbons (Fsp3) is 0.727. The average Bonchev–Trinajstić information content (AvgIpc) is 2.12. The molecule has 0 saturated carbocycles. The van der Waals surface area contributed by atoms with Gasteiger partial charge in [-0.25, -0.2) is 0 Å². The number of methoxy groups -OCH3 is 1. The molecule has 0 bridgehead atoms. The largest absolute Gasteiger partial charge is 0.378 e. The van der Waals surface area contributed by atoms with Crippen molar-refractivity contribution in [1.82, 2.24) is 5.32 Å². The van der Waals surface area contributed by atoms with Gasteiger partial charge in [-0.05, 0) is 20.3 Å². The number of amides is 1. The predicted molar refractivity (Wildman–Crippen MR) is 56.8 cm³/mol. The number of rotatable bonds is 6. The Kier molecular flexibility index (Phi) is 5.98. The number of unbranched alkanes of at least 4 members (excludes halogenated alkanes) is 1. The second kappa shape index (κ2) is 6.44. The summed E-state index contributed by atoms with van der Waals surface area (Å²) in [5, 5.41) is 2.79. The molecule has 3 heteroatoms. The number of carbonyl (C=O) groups is 1. The minimum Gasteiger partial charge on any atom is -0.378 e. The lowest BCUT2D eigenvalue weighted by Gasteiger charge is -2.21. The van der Waals surface area contributed by atoms with Crippen LogP contribution < -0.4 is 5.32 Å². The van der Waals surface area contributed by atoms with Gasteiger partial charge in [-0.1, -0.05) is 0 Å². The van der Waals surface area contributed by atoms with Crippen molar-refractivity contribution < 1.29 is 9.53 Å². The Labute approximate surface area is 86.2 Å². The van der Waals surface area contributed by atoms with Crippen LogP contribution in [-0.4, -0.2) is 25.2 Å². The predicted octanol–water partition coefficient (Wildman–Crippen LogP) is 1.33. The van der Waals surface area contributed by atoms with E-state index < -0.39 is 5.60 Å². The first-order valence-electron chi connectivity index (χ1n) is 4.77. The second-order valence-corrected chi connectivity index (χ2v) is 3.80. The Balaban J connectivity index is 3.62. The number of hydrogen-bond donors (Lipinski definition) is 1. The van der Waals surface area contributed by atoms with Gasteiger partial charge in [-0.2, -0.15) is 0 Å². The summed E-state index contributed by atoms with van der Waals surface area (Å²) in [5.74, 6) is 2.53. The number of terminal acetylenes is 1. The summed E-state index contributed by atoms with van der Waals surface area (Å²) in [5.41, 5.74) is -0.393. The van der Waals surface area contributed by atoms with Gasteiger partial charge in [-0.3, -0.25) is 4.79 Å². The van der Waals surface area contributed by atoms with E-state index in [2.05, 4.69) is 11.2 Å². The van der Waals surface area contributed by atoms with Crippen molar-refractivity contribution in [3.05, 3.63) is 0 Å². The van der Waals surface area contributed by atoms with E-state index >= 15 is 0 Å². The Morgan fingerprint density at radius 3 is 2.71 bits per heavy atom. The molecule has 0 aromatic rings. The van der Waals surface area contributed by atoms with Gasteiger partial charge in [-0.15, -0.1) is 12.3 Å². The topological polar surface area (TPSA) is 38.3 Å². The summed E-state index contributed by atoms with van der Waals surface area (Å²) >= 11 is 0. The van der Waals surface area contributed by atoms with Crippen molar-refractivity contribution in [1.29, 1.82) is 0 Å². The highest BCUT2D eigenvalue weighted by Gasteiger charge is 2.20. The van der Waals surface area contributed by atoms with Crippen LogP contribution in [0.25, 0.3) is 0 Å². The van der Waals surface area contributed by atoms with Gasteiger partial charge < -0.3 is 10.1 Å². The molecule has 0 atom stereocenters.